The van der Waals surface area contributed by atoms with Crippen LogP contribution in [0.3, 0.4) is 0 Å². The van der Waals surface area contributed by atoms with Gasteiger partial charge in [0.15, 0.2) is 0 Å². The summed E-state index contributed by atoms with van der Waals surface area (Å²) in [5.41, 5.74) is 0.820. The van der Waals surface area contributed by atoms with E-state index in [0.29, 0.717) is 12.6 Å². The average Bonchev–Trinajstić information content (AvgIpc) is 2.27. The van der Waals surface area contributed by atoms with Crippen LogP contribution in [-0.2, 0) is 4.79 Å². The molecule has 1 aliphatic carbocycles. The lowest BCUT2D eigenvalue weighted by Crippen LogP contribution is -2.41. The first-order valence-electron chi connectivity index (χ1n) is 6.44. The molecule has 0 bridgehead atoms. The zero-order valence-corrected chi connectivity index (χ0v) is 12.2. The van der Waals surface area contributed by atoms with Gasteiger partial charge in [-0.3, -0.25) is 4.79 Å². The molecule has 2 rings (SSSR count). The van der Waals surface area contributed by atoms with Gasteiger partial charge in [-0.25, -0.2) is 0 Å². The van der Waals surface area contributed by atoms with E-state index in [1.165, 1.54) is 19.3 Å². The van der Waals surface area contributed by atoms with E-state index in [2.05, 4.69) is 33.5 Å². The van der Waals surface area contributed by atoms with Crippen LogP contribution in [0.5, 0.6) is 0 Å². The Bertz CT molecular complexity index is 418. The molecule has 1 aromatic rings. The summed E-state index contributed by atoms with van der Waals surface area (Å²) < 4.78 is 0.908. The molecule has 1 saturated carbocycles. The number of halogens is 1. The van der Waals surface area contributed by atoms with Crippen molar-refractivity contribution in [2.24, 2.45) is 5.92 Å². The van der Waals surface area contributed by atoms with Crippen molar-refractivity contribution in [2.75, 3.05) is 11.9 Å². The summed E-state index contributed by atoms with van der Waals surface area (Å²) in [5.74, 6) is 0.759. The first-order valence-corrected chi connectivity index (χ1v) is 7.24. The number of hydrogen-bond acceptors (Lipinski definition) is 2. The average molecular weight is 311 g/mol. The molecule has 1 aliphatic rings. The Morgan fingerprint density at radius 3 is 2.78 bits per heavy atom. The Hall–Kier alpha value is -0.870. The number of amides is 1. The van der Waals surface area contributed by atoms with Crippen molar-refractivity contribution in [3.63, 3.8) is 0 Å². The molecule has 2 N–H and O–H groups in total. The van der Waals surface area contributed by atoms with Crippen molar-refractivity contribution < 1.29 is 4.79 Å². The highest BCUT2D eigenvalue weighted by atomic mass is 79.9. The molecule has 1 amide bonds. The van der Waals surface area contributed by atoms with Crippen LogP contribution in [-0.4, -0.2) is 18.5 Å². The normalized spacial score (nSPS) is 17.0. The molecule has 1 unspecified atom stereocenters. The Morgan fingerprint density at radius 1 is 1.44 bits per heavy atom. The fourth-order valence-electron chi connectivity index (χ4n) is 2.12. The maximum atomic E-state index is 11.8. The number of para-hydroxylation sites is 1. The van der Waals surface area contributed by atoms with Crippen LogP contribution in [0.25, 0.3) is 0 Å². The molecule has 3 nitrogen and oxygen atoms in total. The van der Waals surface area contributed by atoms with Gasteiger partial charge in [0, 0.05) is 10.5 Å². The highest BCUT2D eigenvalue weighted by Crippen LogP contribution is 2.29. The molecule has 0 aromatic heterocycles. The van der Waals surface area contributed by atoms with Crippen LogP contribution in [0.15, 0.2) is 28.7 Å². The lowest BCUT2D eigenvalue weighted by Gasteiger charge is -2.31. The molecule has 0 heterocycles. The maximum absolute atomic E-state index is 11.8. The van der Waals surface area contributed by atoms with E-state index in [-0.39, 0.29) is 5.91 Å². The van der Waals surface area contributed by atoms with Gasteiger partial charge in [0.2, 0.25) is 5.91 Å². The second kappa shape index (κ2) is 6.34. The van der Waals surface area contributed by atoms with Crippen molar-refractivity contribution in [3.05, 3.63) is 28.7 Å². The minimum absolute atomic E-state index is 0.00748. The molecule has 1 atom stereocenters. The summed E-state index contributed by atoms with van der Waals surface area (Å²) in [7, 11) is 0. The molecule has 4 heteroatoms. The monoisotopic (exact) mass is 310 g/mol. The van der Waals surface area contributed by atoms with Crippen molar-refractivity contribution >= 4 is 27.5 Å². The Labute approximate surface area is 116 Å². The van der Waals surface area contributed by atoms with Gasteiger partial charge in [0.05, 0.1) is 12.2 Å². The van der Waals surface area contributed by atoms with E-state index in [0.717, 1.165) is 16.1 Å². The summed E-state index contributed by atoms with van der Waals surface area (Å²) in [5, 5.41) is 6.19. The smallest absolute Gasteiger partial charge is 0.238 e. The number of hydrogen-bond donors (Lipinski definition) is 2. The van der Waals surface area contributed by atoms with Crippen LogP contribution in [0, 0.1) is 5.92 Å². The minimum Gasteiger partial charge on any atom is -0.324 e. The van der Waals surface area contributed by atoms with Gasteiger partial charge in [-0.2, -0.15) is 0 Å². The molecule has 1 aromatic carbocycles. The molecule has 18 heavy (non-hydrogen) atoms. The topological polar surface area (TPSA) is 41.1 Å². The second-order valence-electron chi connectivity index (χ2n) is 4.89. The van der Waals surface area contributed by atoms with Gasteiger partial charge in [-0.05, 0) is 53.7 Å². The molecule has 0 radical (unpaired) electrons. The first kappa shape index (κ1) is 13.6. The van der Waals surface area contributed by atoms with E-state index >= 15 is 0 Å². The summed E-state index contributed by atoms with van der Waals surface area (Å²) >= 11 is 3.41. The van der Waals surface area contributed by atoms with Crippen molar-refractivity contribution in [1.29, 1.82) is 0 Å². The Balaban J connectivity index is 1.76. The van der Waals surface area contributed by atoms with Crippen molar-refractivity contribution in [1.82, 2.24) is 5.32 Å². The van der Waals surface area contributed by atoms with E-state index < -0.39 is 0 Å². The van der Waals surface area contributed by atoms with E-state index in [4.69, 9.17) is 0 Å². The van der Waals surface area contributed by atoms with Gasteiger partial charge in [0.25, 0.3) is 0 Å². The van der Waals surface area contributed by atoms with Gasteiger partial charge in [0.1, 0.15) is 0 Å². The molecule has 1 fully saturated rings. The highest BCUT2D eigenvalue weighted by Gasteiger charge is 2.23. The Kier molecular flexibility index (Phi) is 4.78. The van der Waals surface area contributed by atoms with Crippen LogP contribution >= 0.6 is 15.9 Å². The molecular weight excluding hydrogens is 292 g/mol. The number of carbonyl (C=O) groups excluding carboxylic acids is 1. The van der Waals surface area contributed by atoms with Gasteiger partial charge in [-0.1, -0.05) is 18.6 Å². The zero-order valence-electron chi connectivity index (χ0n) is 10.6. The van der Waals surface area contributed by atoms with Crippen LogP contribution in [0.1, 0.15) is 26.2 Å². The van der Waals surface area contributed by atoms with Crippen LogP contribution < -0.4 is 10.6 Å². The largest absolute Gasteiger partial charge is 0.324 e. The zero-order chi connectivity index (χ0) is 13.0. The van der Waals surface area contributed by atoms with Gasteiger partial charge < -0.3 is 10.6 Å². The third kappa shape index (κ3) is 3.56. The Morgan fingerprint density at radius 2 is 2.17 bits per heavy atom. The molecule has 0 aliphatic heterocycles. The molecule has 0 spiro atoms. The summed E-state index contributed by atoms with van der Waals surface area (Å²) in [4.78, 5) is 11.8. The fourth-order valence-corrected chi connectivity index (χ4v) is 2.50. The lowest BCUT2D eigenvalue weighted by molar-refractivity contribution is -0.115. The third-order valence-corrected chi connectivity index (χ3v) is 4.28. The predicted octanol–water partition coefficient (Wildman–Crippen LogP) is 3.17. The number of anilines is 1. The van der Waals surface area contributed by atoms with E-state index in [1.54, 1.807) is 0 Å². The molecule has 98 valence electrons. The SMILES string of the molecule is CC(NCC(=O)Nc1ccccc1Br)C1CCC1. The summed E-state index contributed by atoms with van der Waals surface area (Å²) in [6.07, 6.45) is 3.92. The number of carbonyl (C=O) groups is 1. The lowest BCUT2D eigenvalue weighted by atomic mass is 9.80. The van der Waals surface area contributed by atoms with E-state index in [9.17, 15) is 4.79 Å². The number of nitrogens with one attached hydrogen (secondary N) is 2. The van der Waals surface area contributed by atoms with Crippen LogP contribution in [0.2, 0.25) is 0 Å². The van der Waals surface area contributed by atoms with Crippen molar-refractivity contribution in [3.8, 4) is 0 Å². The highest BCUT2D eigenvalue weighted by molar-refractivity contribution is 9.10. The first-order chi connectivity index (χ1) is 8.66. The summed E-state index contributed by atoms with van der Waals surface area (Å²) in [6, 6.07) is 8.07. The quantitative estimate of drug-likeness (QED) is 0.877. The standard InChI is InChI=1S/C14H19BrN2O/c1-10(11-5-4-6-11)16-9-14(18)17-13-8-3-2-7-12(13)15/h2-3,7-8,10-11,16H,4-6,9H2,1H3,(H,17,18). The van der Waals surface area contributed by atoms with Gasteiger partial charge >= 0.3 is 0 Å². The summed E-state index contributed by atoms with van der Waals surface area (Å²) in [6.45, 7) is 2.54. The third-order valence-electron chi connectivity index (χ3n) is 3.59. The minimum atomic E-state index is 0.00748. The van der Waals surface area contributed by atoms with Crippen molar-refractivity contribution in [2.45, 2.75) is 32.2 Å². The number of rotatable bonds is 5. The van der Waals surface area contributed by atoms with Gasteiger partial charge in [-0.15, -0.1) is 0 Å². The van der Waals surface area contributed by atoms with Crippen LogP contribution in [0.4, 0.5) is 5.69 Å². The fraction of sp³-hybridized carbons (Fsp3) is 0.500. The predicted molar refractivity (Wildman–Crippen MR) is 77.6 cm³/mol. The molecular formula is C14H19BrN2O. The maximum Gasteiger partial charge on any atom is 0.238 e. The van der Waals surface area contributed by atoms with E-state index in [1.807, 2.05) is 24.3 Å². The number of benzene rings is 1. The molecule has 0 saturated heterocycles. The second-order valence-corrected chi connectivity index (χ2v) is 5.74.